The number of halogens is 3. The van der Waals surface area contributed by atoms with Gasteiger partial charge in [0.15, 0.2) is 11.7 Å². The van der Waals surface area contributed by atoms with Gasteiger partial charge in [0, 0.05) is 51.3 Å². The van der Waals surface area contributed by atoms with Crippen LogP contribution in [0, 0.1) is 0 Å². The third kappa shape index (κ3) is 4.77. The smallest absolute Gasteiger partial charge is 0.357 e. The van der Waals surface area contributed by atoms with Gasteiger partial charge in [-0.3, -0.25) is 4.68 Å². The van der Waals surface area contributed by atoms with E-state index in [4.69, 9.17) is 0 Å². The zero-order valence-corrected chi connectivity index (χ0v) is 13.9. The number of alkyl halides is 3. The number of hydrogen-bond donors (Lipinski definition) is 2. The van der Waals surface area contributed by atoms with E-state index in [0.29, 0.717) is 19.0 Å². The van der Waals surface area contributed by atoms with Crippen molar-refractivity contribution in [3.63, 3.8) is 0 Å². The molecule has 0 aliphatic heterocycles. The molecule has 2 heterocycles. The average molecular weight is 342 g/mol. The first-order chi connectivity index (χ1) is 11.3. The first-order valence-corrected chi connectivity index (χ1v) is 7.52. The fourth-order valence-corrected chi connectivity index (χ4v) is 2.25. The molecule has 2 aromatic heterocycles. The maximum atomic E-state index is 13.0. The van der Waals surface area contributed by atoms with E-state index in [0.717, 1.165) is 10.2 Å². The molecule has 0 saturated heterocycles. The molecule has 2 aromatic rings. The number of guanidine groups is 1. The second kappa shape index (κ2) is 7.41. The summed E-state index contributed by atoms with van der Waals surface area (Å²) in [5, 5.41) is 9.43. The van der Waals surface area contributed by atoms with Crippen molar-refractivity contribution in [1.29, 1.82) is 0 Å². The van der Waals surface area contributed by atoms with Crippen LogP contribution in [0.4, 0.5) is 13.2 Å². The second-order valence-corrected chi connectivity index (χ2v) is 5.41. The van der Waals surface area contributed by atoms with Gasteiger partial charge < -0.3 is 15.2 Å². The van der Waals surface area contributed by atoms with Crippen molar-refractivity contribution >= 4 is 5.96 Å². The van der Waals surface area contributed by atoms with Gasteiger partial charge >= 0.3 is 6.18 Å². The molecular formula is C15H21F3N6. The maximum Gasteiger partial charge on any atom is 0.435 e. The van der Waals surface area contributed by atoms with Crippen molar-refractivity contribution in [1.82, 2.24) is 25.0 Å². The van der Waals surface area contributed by atoms with E-state index in [1.807, 2.05) is 37.0 Å². The molecular weight excluding hydrogens is 321 g/mol. The number of hydrogen-bond acceptors (Lipinski definition) is 2. The fraction of sp³-hybridized carbons (Fsp3) is 0.467. The van der Waals surface area contributed by atoms with E-state index < -0.39 is 11.9 Å². The average Bonchev–Trinajstić information content (AvgIpc) is 3.07. The summed E-state index contributed by atoms with van der Waals surface area (Å²) in [6.07, 6.45) is 0.737. The second-order valence-electron chi connectivity index (χ2n) is 5.41. The van der Waals surface area contributed by atoms with E-state index in [2.05, 4.69) is 20.7 Å². The fourth-order valence-electron chi connectivity index (χ4n) is 2.25. The molecule has 0 unspecified atom stereocenters. The van der Waals surface area contributed by atoms with Gasteiger partial charge in [-0.1, -0.05) is 0 Å². The number of rotatable bonds is 5. The summed E-state index contributed by atoms with van der Waals surface area (Å²) in [6, 6.07) is 1.94. The molecule has 0 aromatic carbocycles. The van der Waals surface area contributed by atoms with Crippen molar-refractivity contribution in [2.75, 3.05) is 6.54 Å². The Kier molecular flexibility index (Phi) is 5.53. The molecule has 132 valence electrons. The van der Waals surface area contributed by atoms with E-state index in [9.17, 15) is 13.2 Å². The van der Waals surface area contributed by atoms with Crippen molar-refractivity contribution < 1.29 is 13.2 Å². The van der Waals surface area contributed by atoms with Crippen LogP contribution in [-0.4, -0.2) is 26.9 Å². The maximum absolute atomic E-state index is 13.0. The van der Waals surface area contributed by atoms with Crippen LogP contribution in [0.3, 0.4) is 0 Å². The molecule has 24 heavy (non-hydrogen) atoms. The highest BCUT2D eigenvalue weighted by atomic mass is 19.4. The molecule has 2 rings (SSSR count). The Morgan fingerprint density at radius 2 is 2.00 bits per heavy atom. The summed E-state index contributed by atoms with van der Waals surface area (Å²) in [5.74, 6) is 0.457. The van der Waals surface area contributed by atoms with Gasteiger partial charge in [0.2, 0.25) is 0 Å². The van der Waals surface area contributed by atoms with Gasteiger partial charge in [0.1, 0.15) is 0 Å². The first-order valence-electron chi connectivity index (χ1n) is 7.52. The van der Waals surface area contributed by atoms with Gasteiger partial charge in [0.25, 0.3) is 0 Å². The Morgan fingerprint density at radius 3 is 2.58 bits per heavy atom. The Hall–Kier alpha value is -2.45. The Balaban J connectivity index is 2.06. The van der Waals surface area contributed by atoms with Crippen LogP contribution in [0.25, 0.3) is 0 Å². The molecule has 0 amide bonds. The van der Waals surface area contributed by atoms with Crippen molar-refractivity contribution in [3.8, 4) is 0 Å². The van der Waals surface area contributed by atoms with Crippen LogP contribution < -0.4 is 10.6 Å². The molecule has 0 radical (unpaired) electrons. The highest BCUT2D eigenvalue weighted by molar-refractivity contribution is 5.79. The number of nitrogens with one attached hydrogen (secondary N) is 2. The van der Waals surface area contributed by atoms with Crippen molar-refractivity contribution in [2.24, 2.45) is 19.1 Å². The minimum absolute atomic E-state index is 0.0106. The molecule has 6 nitrogen and oxygen atoms in total. The number of aromatic nitrogens is 3. The molecule has 0 saturated carbocycles. The molecule has 9 heteroatoms. The lowest BCUT2D eigenvalue weighted by Gasteiger charge is -2.12. The summed E-state index contributed by atoms with van der Waals surface area (Å²) >= 11 is 0. The van der Waals surface area contributed by atoms with E-state index in [-0.39, 0.29) is 12.1 Å². The quantitative estimate of drug-likeness (QED) is 0.646. The molecule has 0 aliphatic carbocycles. The summed E-state index contributed by atoms with van der Waals surface area (Å²) in [4.78, 5) is 4.38. The molecule has 2 N–H and O–H groups in total. The van der Waals surface area contributed by atoms with Crippen LogP contribution >= 0.6 is 0 Å². The lowest BCUT2D eigenvalue weighted by atomic mass is 10.2. The molecule has 0 spiro atoms. The van der Waals surface area contributed by atoms with Crippen LogP contribution in [0.15, 0.2) is 29.6 Å². The van der Waals surface area contributed by atoms with E-state index >= 15 is 0 Å². The molecule has 0 fully saturated rings. The van der Waals surface area contributed by atoms with Crippen LogP contribution in [0.1, 0.15) is 23.7 Å². The third-order valence-corrected chi connectivity index (χ3v) is 3.28. The zero-order chi connectivity index (χ0) is 17.7. The summed E-state index contributed by atoms with van der Waals surface area (Å²) in [5.41, 5.74) is 0.221. The number of aryl methyl sites for hydroxylation is 2. The minimum Gasteiger partial charge on any atom is -0.357 e. The van der Waals surface area contributed by atoms with Crippen molar-refractivity contribution in [3.05, 3.63) is 41.5 Å². The topological polar surface area (TPSA) is 59.2 Å². The van der Waals surface area contributed by atoms with Gasteiger partial charge in [0.05, 0.1) is 6.54 Å². The Labute approximate surface area is 138 Å². The Bertz CT molecular complexity index is 698. The molecule has 0 atom stereocenters. The number of nitrogens with zero attached hydrogens (tertiary/aromatic N) is 4. The summed E-state index contributed by atoms with van der Waals surface area (Å²) in [7, 11) is 3.38. The summed E-state index contributed by atoms with van der Waals surface area (Å²) < 4.78 is 41.9. The zero-order valence-electron chi connectivity index (χ0n) is 13.9. The third-order valence-electron chi connectivity index (χ3n) is 3.28. The van der Waals surface area contributed by atoms with E-state index in [1.165, 1.54) is 13.2 Å². The normalized spacial score (nSPS) is 12.5. The van der Waals surface area contributed by atoms with Gasteiger partial charge in [-0.05, 0) is 18.6 Å². The highest BCUT2D eigenvalue weighted by Gasteiger charge is 2.36. The van der Waals surface area contributed by atoms with Crippen LogP contribution in [0.2, 0.25) is 0 Å². The predicted molar refractivity (Wildman–Crippen MR) is 85.3 cm³/mol. The van der Waals surface area contributed by atoms with E-state index in [1.54, 1.807) is 0 Å². The van der Waals surface area contributed by atoms with Crippen molar-refractivity contribution in [2.45, 2.75) is 26.2 Å². The SMILES string of the molecule is CCNC(=NCc1ccn(C)c1)NCc1cn(C)nc1C(F)(F)F. The van der Waals surface area contributed by atoms with Crippen LogP contribution in [0.5, 0.6) is 0 Å². The summed E-state index contributed by atoms with van der Waals surface area (Å²) in [6.45, 7) is 2.93. The molecule has 0 aliphatic rings. The van der Waals surface area contributed by atoms with Gasteiger partial charge in [-0.25, -0.2) is 4.99 Å². The predicted octanol–water partition coefficient (Wildman–Crippen LogP) is 2.03. The number of aliphatic imine (C=N–C) groups is 1. The molecule has 0 bridgehead atoms. The van der Waals surface area contributed by atoms with Gasteiger partial charge in [-0.15, -0.1) is 0 Å². The van der Waals surface area contributed by atoms with Gasteiger partial charge in [-0.2, -0.15) is 18.3 Å². The largest absolute Gasteiger partial charge is 0.435 e. The first kappa shape index (κ1) is 17.9. The Morgan fingerprint density at radius 1 is 1.25 bits per heavy atom. The lowest BCUT2D eigenvalue weighted by molar-refractivity contribution is -0.142. The lowest BCUT2D eigenvalue weighted by Crippen LogP contribution is -2.37. The standard InChI is InChI=1S/C15H21F3N6/c1-4-19-14(20-7-11-5-6-23(2)9-11)21-8-12-10-24(3)22-13(12)15(16,17)18/h5-6,9-10H,4,7-8H2,1-3H3,(H2,19,20,21). The minimum atomic E-state index is -4.47. The monoisotopic (exact) mass is 342 g/mol. The highest BCUT2D eigenvalue weighted by Crippen LogP contribution is 2.30. The van der Waals surface area contributed by atoms with Crippen LogP contribution in [-0.2, 0) is 33.4 Å².